The van der Waals surface area contributed by atoms with Crippen LogP contribution in [0.25, 0.3) is 0 Å². The fraction of sp³-hybridized carbons (Fsp3) is 0.844. The topological polar surface area (TPSA) is 105 Å². The molecular formula is C32H56O7. The minimum absolute atomic E-state index is 0.350. The third-order valence-electron chi connectivity index (χ3n) is 8.82. The zero-order valence-electron chi connectivity index (χ0n) is 26.0. The Morgan fingerprint density at radius 1 is 0.872 bits per heavy atom. The molecule has 8 atom stereocenters. The minimum Gasteiger partial charge on any atom is -0.459 e. The lowest BCUT2D eigenvalue weighted by Crippen LogP contribution is -2.48. The van der Waals surface area contributed by atoms with E-state index in [1.807, 2.05) is 55.4 Å². The van der Waals surface area contributed by atoms with Gasteiger partial charge >= 0.3 is 5.97 Å². The van der Waals surface area contributed by atoms with Crippen LogP contribution >= 0.6 is 0 Å². The van der Waals surface area contributed by atoms with Gasteiger partial charge in [0, 0.05) is 6.92 Å². The highest BCUT2D eigenvalue weighted by atomic mass is 16.6. The number of rotatable bonds is 14. The van der Waals surface area contributed by atoms with Gasteiger partial charge in [-0.2, -0.15) is 0 Å². The standard InChI is InChI=1S/C32H56O7/c1-22(2)12-10-18-29(6,35)26-16-20-31(8,38-26)25(34)14-15-28(37-24(5)33)32(9)21-17-27(39-32)30(7,36)19-11-13-23(3)4/h12-13,25-28,34-36H,10-11,14-21H2,1-9H3. The van der Waals surface area contributed by atoms with Crippen LogP contribution in [0.1, 0.15) is 127 Å². The lowest BCUT2D eigenvalue weighted by atomic mass is 9.86. The molecule has 2 fully saturated rings. The molecule has 0 aliphatic carbocycles. The van der Waals surface area contributed by atoms with Crippen LogP contribution in [-0.2, 0) is 19.0 Å². The van der Waals surface area contributed by atoms with Gasteiger partial charge in [0.15, 0.2) is 0 Å². The molecule has 2 rings (SSSR count). The van der Waals surface area contributed by atoms with Gasteiger partial charge in [-0.3, -0.25) is 4.79 Å². The van der Waals surface area contributed by atoms with Gasteiger partial charge in [-0.25, -0.2) is 0 Å². The summed E-state index contributed by atoms with van der Waals surface area (Å²) in [6, 6.07) is 0. The SMILES string of the molecule is CC(=O)OC(CCC(O)C1(C)CCC(C(C)(O)CCC=C(C)C)O1)C1(C)CCC(C(C)(O)CCC=C(C)C)O1. The third-order valence-corrected chi connectivity index (χ3v) is 8.82. The second-order valence-corrected chi connectivity index (χ2v) is 13.5. The lowest BCUT2D eigenvalue weighted by molar-refractivity contribution is -0.187. The summed E-state index contributed by atoms with van der Waals surface area (Å²) >= 11 is 0. The first-order valence-electron chi connectivity index (χ1n) is 14.8. The van der Waals surface area contributed by atoms with E-state index in [1.54, 1.807) is 0 Å². The minimum atomic E-state index is -0.993. The van der Waals surface area contributed by atoms with Gasteiger partial charge in [0.25, 0.3) is 0 Å². The molecule has 226 valence electrons. The molecule has 0 spiro atoms. The fourth-order valence-electron chi connectivity index (χ4n) is 6.01. The van der Waals surface area contributed by atoms with Crippen LogP contribution in [0, 0.1) is 0 Å². The maximum absolute atomic E-state index is 12.0. The number of carbonyl (C=O) groups excluding carboxylic acids is 1. The summed E-state index contributed by atoms with van der Waals surface area (Å²) < 4.78 is 18.5. The van der Waals surface area contributed by atoms with Crippen molar-refractivity contribution in [3.63, 3.8) is 0 Å². The van der Waals surface area contributed by atoms with E-state index in [4.69, 9.17) is 14.2 Å². The summed E-state index contributed by atoms with van der Waals surface area (Å²) in [5.74, 6) is -0.395. The summed E-state index contributed by atoms with van der Waals surface area (Å²) in [5.41, 5.74) is -1.08. The van der Waals surface area contributed by atoms with E-state index in [0.29, 0.717) is 51.4 Å². The first-order chi connectivity index (χ1) is 17.9. The average Bonchev–Trinajstić information content (AvgIpc) is 3.41. The van der Waals surface area contributed by atoms with E-state index >= 15 is 0 Å². The van der Waals surface area contributed by atoms with Crippen LogP contribution in [0.5, 0.6) is 0 Å². The van der Waals surface area contributed by atoms with Crippen LogP contribution in [0.3, 0.4) is 0 Å². The van der Waals surface area contributed by atoms with Crippen molar-refractivity contribution in [2.75, 3.05) is 0 Å². The number of aliphatic hydroxyl groups excluding tert-OH is 1. The Bertz CT molecular complexity index is 868. The second-order valence-electron chi connectivity index (χ2n) is 13.5. The van der Waals surface area contributed by atoms with Crippen LogP contribution in [0.4, 0.5) is 0 Å². The van der Waals surface area contributed by atoms with Gasteiger partial charge in [-0.1, -0.05) is 23.3 Å². The summed E-state index contributed by atoms with van der Waals surface area (Å²) in [4.78, 5) is 12.0. The Morgan fingerprint density at radius 3 is 1.74 bits per heavy atom. The number of carbonyl (C=O) groups is 1. The monoisotopic (exact) mass is 552 g/mol. The number of aliphatic hydroxyl groups is 3. The fourth-order valence-corrected chi connectivity index (χ4v) is 6.01. The van der Waals surface area contributed by atoms with Crippen molar-refractivity contribution in [1.29, 1.82) is 0 Å². The van der Waals surface area contributed by atoms with E-state index in [9.17, 15) is 20.1 Å². The van der Waals surface area contributed by atoms with Crippen molar-refractivity contribution in [2.24, 2.45) is 0 Å². The second kappa shape index (κ2) is 13.6. The van der Waals surface area contributed by atoms with E-state index in [0.717, 1.165) is 12.8 Å². The van der Waals surface area contributed by atoms with Gasteiger partial charge in [-0.05, 0) is 120 Å². The van der Waals surface area contributed by atoms with Crippen LogP contribution in [0.2, 0.25) is 0 Å². The average molecular weight is 553 g/mol. The highest BCUT2D eigenvalue weighted by molar-refractivity contribution is 5.66. The van der Waals surface area contributed by atoms with Crippen molar-refractivity contribution in [3.05, 3.63) is 23.3 Å². The predicted molar refractivity (Wildman–Crippen MR) is 154 cm³/mol. The molecule has 2 aliphatic rings. The molecule has 0 aromatic rings. The first-order valence-corrected chi connectivity index (χ1v) is 14.8. The molecule has 0 saturated carbocycles. The van der Waals surface area contributed by atoms with E-state index in [-0.39, 0.29) is 12.2 Å². The highest BCUT2D eigenvalue weighted by Gasteiger charge is 2.51. The molecule has 7 heteroatoms. The quantitative estimate of drug-likeness (QED) is 0.181. The Morgan fingerprint density at radius 2 is 1.31 bits per heavy atom. The molecule has 2 aliphatic heterocycles. The number of allylic oxidation sites excluding steroid dienone is 4. The Kier molecular flexibility index (Phi) is 11.8. The van der Waals surface area contributed by atoms with E-state index in [1.165, 1.54) is 18.1 Å². The molecule has 8 unspecified atom stereocenters. The van der Waals surface area contributed by atoms with Crippen LogP contribution in [0.15, 0.2) is 23.3 Å². The number of hydrogen-bond donors (Lipinski definition) is 3. The van der Waals surface area contributed by atoms with Crippen molar-refractivity contribution in [3.8, 4) is 0 Å². The largest absolute Gasteiger partial charge is 0.459 e. The number of ether oxygens (including phenoxy) is 3. The Balaban J connectivity index is 2.02. The Hall–Kier alpha value is -1.25. The molecular weight excluding hydrogens is 496 g/mol. The zero-order chi connectivity index (χ0) is 29.6. The maximum atomic E-state index is 12.0. The van der Waals surface area contributed by atoms with Crippen molar-refractivity contribution < 1.29 is 34.3 Å². The summed E-state index contributed by atoms with van der Waals surface area (Å²) in [5, 5.41) is 33.5. The molecule has 0 aromatic heterocycles. The molecule has 7 nitrogen and oxygen atoms in total. The predicted octanol–water partition coefficient (Wildman–Crippen LogP) is 5.93. The van der Waals surface area contributed by atoms with E-state index < -0.39 is 40.6 Å². The highest BCUT2D eigenvalue weighted by Crippen LogP contribution is 2.43. The van der Waals surface area contributed by atoms with Crippen molar-refractivity contribution in [1.82, 2.24) is 0 Å². The zero-order valence-corrected chi connectivity index (χ0v) is 26.0. The molecule has 0 radical (unpaired) electrons. The molecule has 2 saturated heterocycles. The maximum Gasteiger partial charge on any atom is 0.303 e. The molecule has 39 heavy (non-hydrogen) atoms. The third kappa shape index (κ3) is 9.67. The molecule has 0 amide bonds. The lowest BCUT2D eigenvalue weighted by Gasteiger charge is -2.38. The van der Waals surface area contributed by atoms with Crippen LogP contribution in [-0.4, -0.2) is 68.1 Å². The number of esters is 1. The normalized spacial score (nSPS) is 31.6. The first kappa shape index (κ1) is 34.0. The molecule has 2 heterocycles. The summed E-state index contributed by atoms with van der Waals surface area (Å²) in [6.07, 6.45) is 8.31. The smallest absolute Gasteiger partial charge is 0.303 e. The van der Waals surface area contributed by atoms with Gasteiger partial charge in [0.1, 0.15) is 11.7 Å². The summed E-state index contributed by atoms with van der Waals surface area (Å²) in [7, 11) is 0. The molecule has 3 N–H and O–H groups in total. The van der Waals surface area contributed by atoms with Crippen molar-refractivity contribution in [2.45, 2.75) is 173 Å². The van der Waals surface area contributed by atoms with Gasteiger partial charge < -0.3 is 29.5 Å². The van der Waals surface area contributed by atoms with Gasteiger partial charge in [0.05, 0.1) is 35.1 Å². The molecule has 0 bridgehead atoms. The van der Waals surface area contributed by atoms with E-state index in [2.05, 4.69) is 12.2 Å². The molecule has 0 aromatic carbocycles. The van der Waals surface area contributed by atoms with Gasteiger partial charge in [-0.15, -0.1) is 0 Å². The number of hydrogen-bond acceptors (Lipinski definition) is 7. The summed E-state index contributed by atoms with van der Waals surface area (Å²) in [6.45, 7) is 17.0. The Labute approximate surface area is 237 Å². The van der Waals surface area contributed by atoms with Gasteiger partial charge in [0.2, 0.25) is 0 Å². The van der Waals surface area contributed by atoms with Crippen molar-refractivity contribution >= 4 is 5.97 Å². The van der Waals surface area contributed by atoms with Crippen LogP contribution < -0.4 is 0 Å².